The Labute approximate surface area is 140 Å². The first-order chi connectivity index (χ1) is 11.2. The van der Waals surface area contributed by atoms with E-state index >= 15 is 0 Å². The van der Waals surface area contributed by atoms with Crippen molar-refractivity contribution in [1.82, 2.24) is 0 Å². The van der Waals surface area contributed by atoms with Crippen LogP contribution in [0.25, 0.3) is 0 Å². The SMILES string of the molecule is CCOC1=CC=CC(Oc2ccc(C(F)(F)F)cc2Cl)([N+](=O)[O-])C1. The monoisotopic (exact) mass is 363 g/mol. The smallest absolute Gasteiger partial charge is 0.416 e. The highest BCUT2D eigenvalue weighted by Crippen LogP contribution is 2.38. The van der Waals surface area contributed by atoms with Gasteiger partial charge in [0.1, 0.15) is 17.9 Å². The molecule has 9 heteroatoms. The van der Waals surface area contributed by atoms with Crippen LogP contribution in [0.5, 0.6) is 5.75 Å². The van der Waals surface area contributed by atoms with Crippen molar-refractivity contribution in [3.63, 3.8) is 0 Å². The first kappa shape index (κ1) is 18.1. The van der Waals surface area contributed by atoms with E-state index in [4.69, 9.17) is 21.1 Å². The summed E-state index contributed by atoms with van der Waals surface area (Å²) in [5, 5.41) is 11.1. The van der Waals surface area contributed by atoms with Gasteiger partial charge in [-0.15, -0.1) is 0 Å². The minimum absolute atomic E-state index is 0.207. The van der Waals surface area contributed by atoms with E-state index in [0.717, 1.165) is 12.1 Å². The highest BCUT2D eigenvalue weighted by atomic mass is 35.5. The van der Waals surface area contributed by atoms with E-state index in [2.05, 4.69) is 0 Å². The molecule has 0 radical (unpaired) electrons. The average molecular weight is 364 g/mol. The molecule has 0 saturated heterocycles. The molecule has 1 aromatic carbocycles. The van der Waals surface area contributed by atoms with Crippen LogP contribution in [0.4, 0.5) is 13.2 Å². The Hall–Kier alpha value is -2.22. The van der Waals surface area contributed by atoms with Gasteiger partial charge in [0.05, 0.1) is 22.1 Å². The quantitative estimate of drug-likeness (QED) is 0.436. The van der Waals surface area contributed by atoms with E-state index in [-0.39, 0.29) is 17.2 Å². The molecule has 0 heterocycles. The Morgan fingerprint density at radius 3 is 2.67 bits per heavy atom. The summed E-state index contributed by atoms with van der Waals surface area (Å²) in [6, 6.07) is 2.37. The molecule has 1 aromatic rings. The van der Waals surface area contributed by atoms with Gasteiger partial charge in [-0.2, -0.15) is 13.2 Å². The molecule has 2 rings (SSSR count). The Morgan fingerprint density at radius 1 is 1.42 bits per heavy atom. The predicted octanol–water partition coefficient (Wildman–Crippen LogP) is 4.59. The lowest BCUT2D eigenvalue weighted by Crippen LogP contribution is -2.44. The summed E-state index contributed by atoms with van der Waals surface area (Å²) in [4.78, 5) is 10.8. The van der Waals surface area contributed by atoms with Crippen molar-refractivity contribution >= 4 is 11.6 Å². The number of alkyl halides is 3. The van der Waals surface area contributed by atoms with Crippen molar-refractivity contribution in [2.75, 3.05) is 6.61 Å². The van der Waals surface area contributed by atoms with Crippen molar-refractivity contribution in [2.24, 2.45) is 0 Å². The van der Waals surface area contributed by atoms with Crippen LogP contribution in [0.2, 0.25) is 5.02 Å². The van der Waals surface area contributed by atoms with Gasteiger partial charge >= 0.3 is 11.9 Å². The van der Waals surface area contributed by atoms with Gasteiger partial charge in [-0.3, -0.25) is 10.1 Å². The maximum Gasteiger partial charge on any atom is 0.416 e. The van der Waals surface area contributed by atoms with Gasteiger partial charge in [0.2, 0.25) is 0 Å². The molecule has 0 aliphatic heterocycles. The summed E-state index contributed by atoms with van der Waals surface area (Å²) >= 11 is 5.80. The van der Waals surface area contributed by atoms with Crippen molar-refractivity contribution in [1.29, 1.82) is 0 Å². The van der Waals surface area contributed by atoms with Gasteiger partial charge in [0.15, 0.2) is 0 Å². The van der Waals surface area contributed by atoms with E-state index in [1.54, 1.807) is 13.0 Å². The standard InChI is InChI=1S/C15H13ClF3NO4/c1-2-23-11-4-3-7-14(9-11,20(21)22)24-13-6-5-10(8-12(13)16)15(17,18)19/h3-8H,2,9H2,1H3. The molecule has 0 bridgehead atoms. The number of benzene rings is 1. The van der Waals surface area contributed by atoms with Crippen LogP contribution in [-0.4, -0.2) is 17.3 Å². The molecule has 130 valence electrons. The maximum atomic E-state index is 12.7. The van der Waals surface area contributed by atoms with Crippen LogP contribution in [0.3, 0.4) is 0 Å². The highest BCUT2D eigenvalue weighted by Gasteiger charge is 2.46. The molecule has 1 unspecified atom stereocenters. The summed E-state index contributed by atoms with van der Waals surface area (Å²) in [7, 11) is 0. The van der Waals surface area contributed by atoms with Crippen molar-refractivity contribution < 1.29 is 27.6 Å². The fourth-order valence-electron chi connectivity index (χ4n) is 2.14. The molecule has 0 fully saturated rings. The minimum Gasteiger partial charge on any atom is -0.498 e. The van der Waals surface area contributed by atoms with E-state index in [0.29, 0.717) is 18.4 Å². The first-order valence-electron chi connectivity index (χ1n) is 6.89. The average Bonchev–Trinajstić information content (AvgIpc) is 2.49. The molecule has 0 N–H and O–H groups in total. The molecule has 5 nitrogen and oxygen atoms in total. The second-order valence-electron chi connectivity index (χ2n) is 4.95. The van der Waals surface area contributed by atoms with Gasteiger partial charge < -0.3 is 9.47 Å². The van der Waals surface area contributed by atoms with Crippen LogP contribution in [0.1, 0.15) is 18.9 Å². The number of nitrogens with zero attached hydrogens (tertiary/aromatic N) is 1. The summed E-state index contributed by atoms with van der Waals surface area (Å²) in [6.45, 7) is 2.04. The topological polar surface area (TPSA) is 61.6 Å². The Kier molecular flexibility index (Phi) is 5.08. The largest absolute Gasteiger partial charge is 0.498 e. The van der Waals surface area contributed by atoms with Crippen LogP contribution in [0.15, 0.2) is 42.2 Å². The summed E-state index contributed by atoms with van der Waals surface area (Å²) < 4.78 is 48.6. The van der Waals surface area contributed by atoms with Crippen LogP contribution < -0.4 is 4.74 Å². The second kappa shape index (κ2) is 6.72. The third kappa shape index (κ3) is 3.81. The second-order valence-corrected chi connectivity index (χ2v) is 5.36. The molecule has 1 aliphatic carbocycles. The highest BCUT2D eigenvalue weighted by molar-refractivity contribution is 6.32. The van der Waals surface area contributed by atoms with Crippen molar-refractivity contribution in [3.8, 4) is 5.75 Å². The fraction of sp³-hybridized carbons (Fsp3) is 0.333. The third-order valence-corrected chi connectivity index (χ3v) is 3.55. The first-order valence-corrected chi connectivity index (χ1v) is 7.27. The predicted molar refractivity (Wildman–Crippen MR) is 80.3 cm³/mol. The Morgan fingerprint density at radius 2 is 2.12 bits per heavy atom. The molecule has 1 aliphatic rings. The number of halogens is 4. The van der Waals surface area contributed by atoms with Gasteiger partial charge in [0.25, 0.3) is 0 Å². The summed E-state index contributed by atoms with van der Waals surface area (Å²) in [6.07, 6.45) is -0.623. The van der Waals surface area contributed by atoms with Gasteiger partial charge in [-0.05, 0) is 31.2 Å². The zero-order chi connectivity index (χ0) is 18.0. The number of nitro groups is 1. The lowest BCUT2D eigenvalue weighted by Gasteiger charge is -2.26. The lowest BCUT2D eigenvalue weighted by molar-refractivity contribution is -0.600. The molecule has 0 spiro atoms. The van der Waals surface area contributed by atoms with Crippen molar-refractivity contribution in [3.05, 3.63) is 62.9 Å². The van der Waals surface area contributed by atoms with E-state index in [9.17, 15) is 23.3 Å². The number of allylic oxidation sites excluding steroid dienone is 2. The minimum atomic E-state index is -4.57. The van der Waals surface area contributed by atoms with Crippen LogP contribution >= 0.6 is 11.6 Å². The Bertz CT molecular complexity index is 702. The number of ether oxygens (including phenoxy) is 2. The molecule has 24 heavy (non-hydrogen) atoms. The fourth-order valence-corrected chi connectivity index (χ4v) is 2.36. The van der Waals surface area contributed by atoms with Crippen LogP contribution in [0, 0.1) is 10.1 Å². The number of hydrogen-bond acceptors (Lipinski definition) is 4. The molecular weight excluding hydrogens is 351 g/mol. The molecule has 0 saturated carbocycles. The number of hydrogen-bond donors (Lipinski definition) is 0. The van der Waals surface area contributed by atoms with E-state index < -0.39 is 22.4 Å². The summed E-state index contributed by atoms with van der Waals surface area (Å²) in [5.41, 5.74) is -2.97. The third-order valence-electron chi connectivity index (χ3n) is 3.25. The lowest BCUT2D eigenvalue weighted by atomic mass is 10.0. The van der Waals surface area contributed by atoms with E-state index in [1.165, 1.54) is 12.2 Å². The Balaban J connectivity index is 2.32. The van der Waals surface area contributed by atoms with Gasteiger partial charge in [0, 0.05) is 6.08 Å². The summed E-state index contributed by atoms with van der Waals surface area (Å²) in [5.74, 6) is 0.114. The van der Waals surface area contributed by atoms with E-state index in [1.807, 2.05) is 0 Å². The molecule has 0 aromatic heterocycles. The van der Waals surface area contributed by atoms with Crippen molar-refractivity contribution in [2.45, 2.75) is 25.2 Å². The normalized spacial score (nSPS) is 20.5. The zero-order valence-corrected chi connectivity index (χ0v) is 13.2. The zero-order valence-electron chi connectivity index (χ0n) is 12.5. The molecular formula is C15H13ClF3NO4. The van der Waals surface area contributed by atoms with Gasteiger partial charge in [-0.25, -0.2) is 0 Å². The van der Waals surface area contributed by atoms with Crippen LogP contribution in [-0.2, 0) is 10.9 Å². The van der Waals surface area contributed by atoms with Gasteiger partial charge in [-0.1, -0.05) is 17.7 Å². The maximum absolute atomic E-state index is 12.7. The molecule has 0 amide bonds. The molecule has 1 atom stereocenters. The number of rotatable bonds is 5.